The summed E-state index contributed by atoms with van der Waals surface area (Å²) in [4.78, 5) is 11.6. The molecule has 1 atom stereocenters. The number of hydrogen-bond donors (Lipinski definition) is 0. The molecule has 0 aromatic carbocycles. The smallest absolute Gasteiger partial charge is 0.378 e. The van der Waals surface area contributed by atoms with Gasteiger partial charge in [-0.15, -0.1) is 0 Å². The molecule has 0 aromatic heterocycles. The van der Waals surface area contributed by atoms with Crippen molar-refractivity contribution in [1.82, 2.24) is 0 Å². The lowest BCUT2D eigenvalue weighted by Gasteiger charge is -2.35. The zero-order valence-corrected chi connectivity index (χ0v) is 10.9. The van der Waals surface area contributed by atoms with E-state index in [-0.39, 0.29) is 22.7 Å². The van der Waals surface area contributed by atoms with Gasteiger partial charge in [-0.2, -0.15) is 0 Å². The average Bonchev–Trinajstić information content (AvgIpc) is 2.11. The lowest BCUT2D eigenvalue weighted by molar-refractivity contribution is -0.143. The van der Waals surface area contributed by atoms with Crippen molar-refractivity contribution >= 4 is 14.0 Å². The zero-order valence-electron chi connectivity index (χ0n) is 10.9. The molecule has 0 spiro atoms. The summed E-state index contributed by atoms with van der Waals surface area (Å²) in [7, 11) is 4.98. The summed E-state index contributed by atoms with van der Waals surface area (Å²) < 4.78 is 4.39. The number of hydrogen-bond acceptors (Lipinski definition) is 2. The molecular formula is C12H23BO2. The maximum absolute atomic E-state index is 11.6. The van der Waals surface area contributed by atoms with Gasteiger partial charge in [-0.05, 0) is 17.3 Å². The van der Waals surface area contributed by atoms with E-state index in [1.807, 2.05) is 20.8 Å². The maximum Gasteiger partial charge on any atom is 0.378 e. The third kappa shape index (κ3) is 4.72. The molecule has 0 saturated heterocycles. The molecule has 0 aliphatic heterocycles. The Balaban J connectivity index is 4.75. The Bertz CT molecular complexity index is 216. The predicted molar refractivity (Wildman–Crippen MR) is 63.5 cm³/mol. The minimum absolute atomic E-state index is 0.108. The summed E-state index contributed by atoms with van der Waals surface area (Å²) in [6.45, 7) is 12.6. The van der Waals surface area contributed by atoms with Gasteiger partial charge in [-0.25, -0.2) is 0 Å². The lowest BCUT2D eigenvalue weighted by atomic mass is 9.70. The van der Waals surface area contributed by atoms with Gasteiger partial charge in [0.15, 0.2) is 0 Å². The largest absolute Gasteiger partial charge is 0.543 e. The van der Waals surface area contributed by atoms with Crippen molar-refractivity contribution in [1.29, 1.82) is 0 Å². The first kappa shape index (κ1) is 14.5. The first-order valence-corrected chi connectivity index (χ1v) is 5.54. The highest BCUT2D eigenvalue weighted by atomic mass is 16.5. The fourth-order valence-corrected chi connectivity index (χ4v) is 1.52. The molecule has 0 heterocycles. The Labute approximate surface area is 95.2 Å². The molecule has 86 valence electrons. The van der Waals surface area contributed by atoms with Gasteiger partial charge >= 0.3 is 8.05 Å². The highest BCUT2D eigenvalue weighted by molar-refractivity contribution is 6.05. The second kappa shape index (κ2) is 5.04. The quantitative estimate of drug-likeness (QED) is 0.666. The molecule has 0 aliphatic carbocycles. The molecule has 0 N–H and O–H groups in total. The van der Waals surface area contributed by atoms with E-state index >= 15 is 0 Å². The van der Waals surface area contributed by atoms with Crippen LogP contribution in [0.15, 0.2) is 0 Å². The fourth-order valence-electron chi connectivity index (χ4n) is 1.52. The standard InChI is InChI=1S/C12H23BO2/c1-7-12(5,6)8-9(10(14)15-13)11(2,3)4/h9H,7-8H2,1-6H3. The van der Waals surface area contributed by atoms with Crippen molar-refractivity contribution in [2.75, 3.05) is 0 Å². The highest BCUT2D eigenvalue weighted by Gasteiger charge is 2.35. The Morgan fingerprint density at radius 3 is 2.00 bits per heavy atom. The Morgan fingerprint density at radius 2 is 1.73 bits per heavy atom. The normalized spacial score (nSPS) is 14.8. The van der Waals surface area contributed by atoms with E-state index in [1.54, 1.807) is 0 Å². The molecular weight excluding hydrogens is 187 g/mol. The second-order valence-corrected chi connectivity index (χ2v) is 6.08. The predicted octanol–water partition coefficient (Wildman–Crippen LogP) is 3.10. The molecule has 0 amide bonds. The van der Waals surface area contributed by atoms with Gasteiger partial charge in [-0.3, -0.25) is 4.79 Å². The van der Waals surface area contributed by atoms with Crippen LogP contribution in [0.3, 0.4) is 0 Å². The minimum atomic E-state index is -0.302. The summed E-state index contributed by atoms with van der Waals surface area (Å²) in [5.74, 6) is -0.443. The van der Waals surface area contributed by atoms with E-state index in [9.17, 15) is 4.79 Å². The SMILES string of the molecule is [B]OC(=O)C(CC(C)(C)CC)C(C)(C)C. The fraction of sp³-hybridized carbons (Fsp3) is 0.917. The van der Waals surface area contributed by atoms with Crippen LogP contribution in [0.5, 0.6) is 0 Å². The van der Waals surface area contributed by atoms with Crippen LogP contribution in [0.25, 0.3) is 0 Å². The molecule has 15 heavy (non-hydrogen) atoms. The number of rotatable bonds is 4. The van der Waals surface area contributed by atoms with E-state index < -0.39 is 0 Å². The summed E-state index contributed by atoms with van der Waals surface area (Å²) in [5, 5.41) is 0. The van der Waals surface area contributed by atoms with Crippen LogP contribution in [0.2, 0.25) is 0 Å². The molecule has 0 aromatic rings. The number of carbonyl (C=O) groups excluding carboxylic acids is 1. The summed E-state index contributed by atoms with van der Waals surface area (Å²) in [5.41, 5.74) is 0.0367. The van der Waals surface area contributed by atoms with E-state index in [2.05, 4.69) is 25.4 Å². The van der Waals surface area contributed by atoms with Crippen LogP contribution >= 0.6 is 0 Å². The van der Waals surface area contributed by atoms with E-state index in [4.69, 9.17) is 8.05 Å². The molecule has 0 saturated carbocycles. The Morgan fingerprint density at radius 1 is 1.27 bits per heavy atom. The van der Waals surface area contributed by atoms with Crippen molar-refractivity contribution in [3.8, 4) is 0 Å². The van der Waals surface area contributed by atoms with Crippen LogP contribution in [-0.2, 0) is 9.45 Å². The van der Waals surface area contributed by atoms with Crippen molar-refractivity contribution in [2.24, 2.45) is 16.7 Å². The summed E-state index contributed by atoms with van der Waals surface area (Å²) >= 11 is 0. The lowest BCUT2D eigenvalue weighted by Crippen LogP contribution is -2.33. The molecule has 1 unspecified atom stereocenters. The van der Waals surface area contributed by atoms with Crippen LogP contribution in [0, 0.1) is 16.7 Å². The third-order valence-electron chi connectivity index (χ3n) is 3.16. The van der Waals surface area contributed by atoms with Crippen LogP contribution < -0.4 is 0 Å². The molecule has 0 fully saturated rings. The molecule has 2 nitrogen and oxygen atoms in total. The highest BCUT2D eigenvalue weighted by Crippen LogP contribution is 2.38. The first-order chi connectivity index (χ1) is 6.64. The zero-order chi connectivity index (χ0) is 12.3. The maximum atomic E-state index is 11.6. The monoisotopic (exact) mass is 210 g/mol. The third-order valence-corrected chi connectivity index (χ3v) is 3.16. The molecule has 0 rings (SSSR count). The molecule has 2 radical (unpaired) electrons. The van der Waals surface area contributed by atoms with E-state index in [0.29, 0.717) is 0 Å². The number of carbonyl (C=O) groups is 1. The Kier molecular flexibility index (Phi) is 4.89. The van der Waals surface area contributed by atoms with Crippen molar-refractivity contribution in [2.45, 2.75) is 54.4 Å². The summed E-state index contributed by atoms with van der Waals surface area (Å²) in [6, 6.07) is 0. The first-order valence-electron chi connectivity index (χ1n) is 5.54. The van der Waals surface area contributed by atoms with Gasteiger partial charge in [0.1, 0.15) is 0 Å². The van der Waals surface area contributed by atoms with Gasteiger partial charge in [0.2, 0.25) is 0 Å². The van der Waals surface area contributed by atoms with Crippen LogP contribution in [-0.4, -0.2) is 14.0 Å². The van der Waals surface area contributed by atoms with Crippen LogP contribution in [0.4, 0.5) is 0 Å². The molecule has 0 aliphatic rings. The minimum Gasteiger partial charge on any atom is -0.543 e. The van der Waals surface area contributed by atoms with Crippen molar-refractivity contribution in [3.05, 3.63) is 0 Å². The average molecular weight is 210 g/mol. The Hall–Kier alpha value is -0.465. The second-order valence-electron chi connectivity index (χ2n) is 6.08. The molecule has 0 bridgehead atoms. The van der Waals surface area contributed by atoms with E-state index in [1.165, 1.54) is 0 Å². The van der Waals surface area contributed by atoms with Crippen molar-refractivity contribution < 1.29 is 9.45 Å². The van der Waals surface area contributed by atoms with E-state index in [0.717, 1.165) is 12.8 Å². The van der Waals surface area contributed by atoms with Gasteiger partial charge in [-0.1, -0.05) is 48.0 Å². The van der Waals surface area contributed by atoms with Crippen LogP contribution in [0.1, 0.15) is 54.4 Å². The van der Waals surface area contributed by atoms with Gasteiger partial charge in [0.05, 0.1) is 5.92 Å². The molecule has 3 heteroatoms. The van der Waals surface area contributed by atoms with Crippen molar-refractivity contribution in [3.63, 3.8) is 0 Å². The van der Waals surface area contributed by atoms with Gasteiger partial charge in [0, 0.05) is 0 Å². The van der Waals surface area contributed by atoms with Gasteiger partial charge in [0.25, 0.3) is 5.97 Å². The summed E-state index contributed by atoms with van der Waals surface area (Å²) in [6.07, 6.45) is 1.85. The van der Waals surface area contributed by atoms with Gasteiger partial charge < -0.3 is 4.65 Å². The topological polar surface area (TPSA) is 26.3 Å².